The standard InChI is InChI=1S/C14H18Cl3NO2/c15-9-5-12(16)14(13(17)6-9)18-7-10(19)8-20-11-3-1-2-4-11/h5-6,10-11,18-19H,1-4,7-8H2. The van der Waals surface area contributed by atoms with Gasteiger partial charge in [-0.2, -0.15) is 0 Å². The molecular weight excluding hydrogens is 321 g/mol. The molecule has 1 aliphatic rings. The van der Waals surface area contributed by atoms with Crippen molar-refractivity contribution in [2.75, 3.05) is 18.5 Å². The molecule has 2 N–H and O–H groups in total. The van der Waals surface area contributed by atoms with E-state index in [4.69, 9.17) is 39.5 Å². The molecule has 1 aromatic carbocycles. The topological polar surface area (TPSA) is 41.5 Å². The van der Waals surface area contributed by atoms with E-state index >= 15 is 0 Å². The molecule has 0 saturated heterocycles. The van der Waals surface area contributed by atoms with Crippen molar-refractivity contribution in [3.63, 3.8) is 0 Å². The Kier molecular flexibility index (Phi) is 6.24. The van der Waals surface area contributed by atoms with Gasteiger partial charge in [-0.1, -0.05) is 47.6 Å². The summed E-state index contributed by atoms with van der Waals surface area (Å²) in [7, 11) is 0. The van der Waals surface area contributed by atoms with Crippen LogP contribution in [0.15, 0.2) is 12.1 Å². The molecule has 0 radical (unpaired) electrons. The van der Waals surface area contributed by atoms with Gasteiger partial charge >= 0.3 is 0 Å². The van der Waals surface area contributed by atoms with E-state index in [0.717, 1.165) is 12.8 Å². The van der Waals surface area contributed by atoms with Crippen LogP contribution in [0.5, 0.6) is 0 Å². The number of hydrogen-bond acceptors (Lipinski definition) is 3. The SMILES string of the molecule is OC(CNc1c(Cl)cc(Cl)cc1Cl)COC1CCCC1. The molecule has 0 aromatic heterocycles. The third-order valence-electron chi connectivity index (χ3n) is 3.35. The van der Waals surface area contributed by atoms with Crippen LogP contribution in [0, 0.1) is 0 Å². The maximum absolute atomic E-state index is 9.91. The van der Waals surface area contributed by atoms with Gasteiger partial charge in [-0.25, -0.2) is 0 Å². The number of nitrogens with one attached hydrogen (secondary N) is 1. The highest BCUT2D eigenvalue weighted by Crippen LogP contribution is 2.33. The highest BCUT2D eigenvalue weighted by Gasteiger charge is 2.17. The molecular formula is C14H18Cl3NO2. The van der Waals surface area contributed by atoms with Crippen LogP contribution >= 0.6 is 34.8 Å². The van der Waals surface area contributed by atoms with Crippen LogP contribution in [0.2, 0.25) is 15.1 Å². The first-order valence-electron chi connectivity index (χ1n) is 6.74. The normalized spacial score (nSPS) is 17.4. The van der Waals surface area contributed by atoms with E-state index < -0.39 is 6.10 Å². The summed E-state index contributed by atoms with van der Waals surface area (Å²) in [6, 6.07) is 3.22. The summed E-state index contributed by atoms with van der Waals surface area (Å²) < 4.78 is 5.66. The number of halogens is 3. The van der Waals surface area contributed by atoms with Gasteiger partial charge in [-0.15, -0.1) is 0 Å². The third-order valence-corrected chi connectivity index (χ3v) is 4.16. The summed E-state index contributed by atoms with van der Waals surface area (Å²) >= 11 is 18.0. The van der Waals surface area contributed by atoms with Gasteiger partial charge in [0.25, 0.3) is 0 Å². The predicted molar refractivity (Wildman–Crippen MR) is 84.2 cm³/mol. The van der Waals surface area contributed by atoms with Crippen LogP contribution in [0.3, 0.4) is 0 Å². The van der Waals surface area contributed by atoms with Gasteiger partial charge < -0.3 is 15.2 Å². The van der Waals surface area contributed by atoms with Crippen LogP contribution < -0.4 is 5.32 Å². The fraction of sp³-hybridized carbons (Fsp3) is 0.571. The monoisotopic (exact) mass is 337 g/mol. The Hall–Kier alpha value is -0.190. The van der Waals surface area contributed by atoms with Gasteiger partial charge in [0.05, 0.1) is 34.5 Å². The second kappa shape index (κ2) is 7.71. The molecule has 1 atom stereocenters. The van der Waals surface area contributed by atoms with E-state index in [1.165, 1.54) is 12.8 Å². The molecule has 1 unspecified atom stereocenters. The Morgan fingerprint density at radius 3 is 2.40 bits per heavy atom. The lowest BCUT2D eigenvalue weighted by Crippen LogP contribution is -2.27. The molecule has 2 rings (SSSR count). The van der Waals surface area contributed by atoms with Crippen LogP contribution in [0.1, 0.15) is 25.7 Å². The van der Waals surface area contributed by atoms with E-state index in [1.807, 2.05) is 0 Å². The lowest BCUT2D eigenvalue weighted by molar-refractivity contribution is -0.00117. The summed E-state index contributed by atoms with van der Waals surface area (Å²) in [5, 5.41) is 14.3. The molecule has 0 heterocycles. The van der Waals surface area contributed by atoms with Gasteiger partial charge in [-0.05, 0) is 25.0 Å². The maximum atomic E-state index is 9.91. The van der Waals surface area contributed by atoms with Crippen molar-refractivity contribution in [1.29, 1.82) is 0 Å². The summed E-state index contributed by atoms with van der Waals surface area (Å²) in [5.74, 6) is 0. The molecule has 1 aromatic rings. The van der Waals surface area contributed by atoms with Crippen molar-refractivity contribution < 1.29 is 9.84 Å². The first-order valence-corrected chi connectivity index (χ1v) is 7.87. The lowest BCUT2D eigenvalue weighted by atomic mass is 10.3. The fourth-order valence-electron chi connectivity index (χ4n) is 2.29. The molecule has 1 aliphatic carbocycles. The summed E-state index contributed by atoms with van der Waals surface area (Å²) in [6.07, 6.45) is 4.32. The number of ether oxygens (including phenoxy) is 1. The van der Waals surface area contributed by atoms with Crippen molar-refractivity contribution in [3.05, 3.63) is 27.2 Å². The molecule has 3 nitrogen and oxygen atoms in total. The third kappa shape index (κ3) is 4.68. The minimum Gasteiger partial charge on any atom is -0.389 e. The van der Waals surface area contributed by atoms with E-state index in [0.29, 0.717) is 40.0 Å². The average Bonchev–Trinajstić information content (AvgIpc) is 2.88. The van der Waals surface area contributed by atoms with Crippen LogP contribution in [-0.4, -0.2) is 30.5 Å². The van der Waals surface area contributed by atoms with Gasteiger partial charge in [0.2, 0.25) is 0 Å². The van der Waals surface area contributed by atoms with E-state index in [1.54, 1.807) is 12.1 Å². The van der Waals surface area contributed by atoms with Gasteiger partial charge in [-0.3, -0.25) is 0 Å². The zero-order valence-corrected chi connectivity index (χ0v) is 13.3. The molecule has 6 heteroatoms. The molecule has 112 valence electrons. The van der Waals surface area contributed by atoms with Crippen molar-refractivity contribution in [3.8, 4) is 0 Å². The molecule has 1 saturated carbocycles. The largest absolute Gasteiger partial charge is 0.389 e. The van der Waals surface area contributed by atoms with Crippen molar-refractivity contribution in [2.45, 2.75) is 37.9 Å². The summed E-state index contributed by atoms with van der Waals surface area (Å²) in [6.45, 7) is 0.647. The van der Waals surface area contributed by atoms with Gasteiger partial charge in [0.15, 0.2) is 0 Å². The number of hydrogen-bond donors (Lipinski definition) is 2. The number of aliphatic hydroxyl groups is 1. The Morgan fingerprint density at radius 2 is 1.80 bits per heavy atom. The molecule has 0 amide bonds. The van der Waals surface area contributed by atoms with Crippen LogP contribution in [0.25, 0.3) is 0 Å². The molecule has 20 heavy (non-hydrogen) atoms. The minimum absolute atomic E-state index is 0.298. The summed E-state index contributed by atoms with van der Waals surface area (Å²) in [4.78, 5) is 0. The smallest absolute Gasteiger partial charge is 0.0945 e. The number of rotatable bonds is 6. The Balaban J connectivity index is 1.79. The van der Waals surface area contributed by atoms with E-state index in [-0.39, 0.29) is 0 Å². The van der Waals surface area contributed by atoms with Crippen molar-refractivity contribution >= 4 is 40.5 Å². The van der Waals surface area contributed by atoms with E-state index in [2.05, 4.69) is 5.32 Å². The van der Waals surface area contributed by atoms with Gasteiger partial charge in [0, 0.05) is 11.6 Å². The second-order valence-corrected chi connectivity index (χ2v) is 6.27. The average molecular weight is 339 g/mol. The molecule has 0 bridgehead atoms. The number of benzene rings is 1. The lowest BCUT2D eigenvalue weighted by Gasteiger charge is -2.17. The predicted octanol–water partition coefficient (Wildman–Crippen LogP) is 4.38. The Morgan fingerprint density at radius 1 is 1.20 bits per heavy atom. The van der Waals surface area contributed by atoms with Gasteiger partial charge in [0.1, 0.15) is 0 Å². The Labute approximate surface area is 134 Å². The minimum atomic E-state index is -0.599. The molecule has 1 fully saturated rings. The fourth-order valence-corrected chi connectivity index (χ4v) is 3.24. The quantitative estimate of drug-likeness (QED) is 0.809. The first kappa shape index (κ1) is 16.2. The number of aliphatic hydroxyl groups excluding tert-OH is 1. The van der Waals surface area contributed by atoms with Crippen molar-refractivity contribution in [2.24, 2.45) is 0 Å². The molecule has 0 spiro atoms. The van der Waals surface area contributed by atoms with Crippen LogP contribution in [-0.2, 0) is 4.74 Å². The van der Waals surface area contributed by atoms with Crippen LogP contribution in [0.4, 0.5) is 5.69 Å². The second-order valence-electron chi connectivity index (χ2n) is 5.02. The maximum Gasteiger partial charge on any atom is 0.0945 e. The van der Waals surface area contributed by atoms with E-state index in [9.17, 15) is 5.11 Å². The summed E-state index contributed by atoms with van der Waals surface area (Å²) in [5.41, 5.74) is 0.581. The zero-order chi connectivity index (χ0) is 14.5. The Bertz CT molecular complexity index is 427. The molecule has 0 aliphatic heterocycles. The van der Waals surface area contributed by atoms with Crippen molar-refractivity contribution in [1.82, 2.24) is 0 Å². The zero-order valence-electron chi connectivity index (χ0n) is 11.0. The highest BCUT2D eigenvalue weighted by atomic mass is 35.5. The first-order chi connectivity index (χ1) is 9.56. The highest BCUT2D eigenvalue weighted by molar-refractivity contribution is 6.41. The number of anilines is 1.